The number of nitrogens with zero attached hydrogens (tertiary/aromatic N) is 2. The van der Waals surface area contributed by atoms with Gasteiger partial charge in [0.1, 0.15) is 11.1 Å². The molecule has 3 aromatic rings. The number of hydrogen-bond acceptors (Lipinski definition) is 3. The number of rotatable bonds is 0. The van der Waals surface area contributed by atoms with Crippen molar-refractivity contribution >= 4 is 5.69 Å². The first kappa shape index (κ1) is 21.6. The number of aromatic nitrogens is 2. The van der Waals surface area contributed by atoms with Crippen LogP contribution >= 0.6 is 0 Å². The second-order valence-corrected chi connectivity index (χ2v) is 5.74. The van der Waals surface area contributed by atoms with Gasteiger partial charge in [-0.1, -0.05) is 23.7 Å². The van der Waals surface area contributed by atoms with E-state index in [1.807, 2.05) is 11.8 Å². The summed E-state index contributed by atoms with van der Waals surface area (Å²) in [7, 11) is 0. The highest BCUT2D eigenvalue weighted by atomic mass is 19.2. The van der Waals surface area contributed by atoms with Gasteiger partial charge in [-0.25, -0.2) is 17.6 Å². The first-order valence-electron chi connectivity index (χ1n) is 7.93. The summed E-state index contributed by atoms with van der Waals surface area (Å²) in [6.45, 7) is 0. The molecule has 1 aromatic carbocycles. The van der Waals surface area contributed by atoms with Gasteiger partial charge < -0.3 is 5.73 Å². The standard InChI is InChI=1S/C20H5F8N3/c21-13-11(14(22)18(26)30-17(13)25)3-1-8-5-9(7-10(29)6-8)2-4-12-15(23)19(27)31-20(28)16(12)24/h5-7H,29H2. The van der Waals surface area contributed by atoms with Crippen molar-refractivity contribution < 1.29 is 35.1 Å². The van der Waals surface area contributed by atoms with Gasteiger partial charge in [-0.3, -0.25) is 0 Å². The van der Waals surface area contributed by atoms with Crippen LogP contribution in [-0.4, -0.2) is 9.97 Å². The molecule has 3 nitrogen and oxygen atoms in total. The van der Waals surface area contributed by atoms with Crippen LogP contribution in [0.1, 0.15) is 22.3 Å². The van der Waals surface area contributed by atoms with Crippen molar-refractivity contribution in [2.45, 2.75) is 0 Å². The molecule has 0 aliphatic carbocycles. The van der Waals surface area contributed by atoms with Crippen LogP contribution in [0, 0.1) is 70.7 Å². The van der Waals surface area contributed by atoms with Crippen LogP contribution in [0.5, 0.6) is 0 Å². The number of nitrogen functional groups attached to an aromatic ring is 1. The van der Waals surface area contributed by atoms with Crippen molar-refractivity contribution in [3.05, 3.63) is 87.5 Å². The van der Waals surface area contributed by atoms with Crippen molar-refractivity contribution in [2.75, 3.05) is 5.73 Å². The zero-order valence-corrected chi connectivity index (χ0v) is 14.7. The summed E-state index contributed by atoms with van der Waals surface area (Å²) >= 11 is 0. The van der Waals surface area contributed by atoms with Gasteiger partial charge >= 0.3 is 0 Å². The second kappa shape index (κ2) is 8.32. The first-order chi connectivity index (χ1) is 14.6. The maximum atomic E-state index is 13.6. The van der Waals surface area contributed by atoms with Crippen LogP contribution in [-0.2, 0) is 0 Å². The molecule has 2 heterocycles. The summed E-state index contributed by atoms with van der Waals surface area (Å²) in [6, 6.07) is 3.51. The molecule has 0 aliphatic rings. The van der Waals surface area contributed by atoms with Crippen LogP contribution in [0.4, 0.5) is 40.8 Å². The minimum Gasteiger partial charge on any atom is -0.399 e. The van der Waals surface area contributed by atoms with E-state index in [2.05, 4.69) is 21.8 Å². The van der Waals surface area contributed by atoms with Gasteiger partial charge in [0.2, 0.25) is 0 Å². The highest BCUT2D eigenvalue weighted by Crippen LogP contribution is 2.18. The lowest BCUT2D eigenvalue weighted by atomic mass is 10.1. The van der Waals surface area contributed by atoms with Crippen molar-refractivity contribution in [1.29, 1.82) is 0 Å². The highest BCUT2D eigenvalue weighted by Gasteiger charge is 2.20. The quantitative estimate of drug-likeness (QED) is 0.250. The third-order valence-electron chi connectivity index (χ3n) is 3.61. The topological polar surface area (TPSA) is 51.8 Å². The van der Waals surface area contributed by atoms with E-state index >= 15 is 0 Å². The minimum atomic E-state index is -1.90. The van der Waals surface area contributed by atoms with E-state index in [-0.39, 0.29) is 16.8 Å². The van der Waals surface area contributed by atoms with E-state index in [0.717, 1.165) is 6.07 Å². The molecule has 0 unspecified atom stereocenters. The first-order valence-corrected chi connectivity index (χ1v) is 7.93. The molecule has 0 saturated carbocycles. The molecule has 0 radical (unpaired) electrons. The predicted octanol–water partition coefficient (Wildman–Crippen LogP) is 3.97. The molecular weight excluding hydrogens is 434 g/mol. The molecule has 0 bridgehead atoms. The predicted molar refractivity (Wildman–Crippen MR) is 91.0 cm³/mol. The molecule has 0 spiro atoms. The van der Waals surface area contributed by atoms with Gasteiger partial charge in [-0.2, -0.15) is 27.5 Å². The Morgan fingerprint density at radius 2 is 0.839 bits per heavy atom. The van der Waals surface area contributed by atoms with Crippen LogP contribution < -0.4 is 5.73 Å². The highest BCUT2D eigenvalue weighted by molar-refractivity contribution is 5.57. The second-order valence-electron chi connectivity index (χ2n) is 5.74. The summed E-state index contributed by atoms with van der Waals surface area (Å²) in [6.07, 6.45) is 0. The number of halogens is 8. The molecule has 156 valence electrons. The summed E-state index contributed by atoms with van der Waals surface area (Å²) in [5.41, 5.74) is 3.02. The van der Waals surface area contributed by atoms with Gasteiger partial charge in [0.15, 0.2) is 23.3 Å². The van der Waals surface area contributed by atoms with Crippen LogP contribution in [0.3, 0.4) is 0 Å². The maximum absolute atomic E-state index is 13.6. The third kappa shape index (κ3) is 4.41. The van der Waals surface area contributed by atoms with Crippen molar-refractivity contribution in [3.8, 4) is 23.7 Å². The molecule has 0 fully saturated rings. The van der Waals surface area contributed by atoms with E-state index in [1.54, 1.807) is 0 Å². The lowest BCUT2D eigenvalue weighted by Crippen LogP contribution is -2.03. The van der Waals surface area contributed by atoms with Crippen molar-refractivity contribution in [3.63, 3.8) is 0 Å². The maximum Gasteiger partial charge on any atom is 0.253 e. The van der Waals surface area contributed by atoms with E-state index in [1.165, 1.54) is 12.1 Å². The normalized spacial score (nSPS) is 10.2. The number of benzene rings is 1. The molecule has 11 heteroatoms. The minimum absolute atomic E-state index is 0.0165. The molecule has 3 rings (SSSR count). The Kier molecular flexibility index (Phi) is 5.79. The molecule has 0 saturated heterocycles. The monoisotopic (exact) mass is 439 g/mol. The van der Waals surface area contributed by atoms with E-state index < -0.39 is 58.2 Å². The van der Waals surface area contributed by atoms with Crippen LogP contribution in [0.15, 0.2) is 18.2 Å². The van der Waals surface area contributed by atoms with Crippen molar-refractivity contribution in [1.82, 2.24) is 9.97 Å². The van der Waals surface area contributed by atoms with Gasteiger partial charge in [-0.15, -0.1) is 0 Å². The van der Waals surface area contributed by atoms with Crippen LogP contribution in [0.25, 0.3) is 0 Å². The Morgan fingerprint density at radius 3 is 1.16 bits per heavy atom. The molecule has 2 N–H and O–H groups in total. The molecular formula is C20H5F8N3. The summed E-state index contributed by atoms with van der Waals surface area (Å²) < 4.78 is 107. The summed E-state index contributed by atoms with van der Waals surface area (Å²) in [5, 5.41) is 0. The van der Waals surface area contributed by atoms with Gasteiger partial charge in [0.05, 0.1) is 0 Å². The molecule has 0 amide bonds. The smallest absolute Gasteiger partial charge is 0.253 e. The average Bonchev–Trinajstić information content (AvgIpc) is 2.70. The average molecular weight is 439 g/mol. The lowest BCUT2D eigenvalue weighted by Gasteiger charge is -2.01. The number of pyridine rings is 2. The van der Waals surface area contributed by atoms with Crippen molar-refractivity contribution in [2.24, 2.45) is 0 Å². The lowest BCUT2D eigenvalue weighted by molar-refractivity contribution is 0.404. The van der Waals surface area contributed by atoms with E-state index in [4.69, 9.17) is 5.73 Å². The number of hydrogen-bond donors (Lipinski definition) is 1. The Bertz CT molecular complexity index is 1190. The van der Waals surface area contributed by atoms with Gasteiger partial charge in [0, 0.05) is 16.8 Å². The van der Waals surface area contributed by atoms with E-state index in [0.29, 0.717) is 0 Å². The number of anilines is 1. The number of nitrogens with two attached hydrogens (primary N) is 1. The fourth-order valence-corrected chi connectivity index (χ4v) is 2.26. The Labute approximate surface area is 168 Å². The molecule has 31 heavy (non-hydrogen) atoms. The van der Waals surface area contributed by atoms with Gasteiger partial charge in [-0.05, 0) is 18.2 Å². The molecule has 2 aromatic heterocycles. The fourth-order valence-electron chi connectivity index (χ4n) is 2.26. The molecule has 0 aliphatic heterocycles. The van der Waals surface area contributed by atoms with E-state index in [9.17, 15) is 35.1 Å². The van der Waals surface area contributed by atoms with Gasteiger partial charge in [0.25, 0.3) is 23.8 Å². The van der Waals surface area contributed by atoms with Crippen LogP contribution in [0.2, 0.25) is 0 Å². The summed E-state index contributed by atoms with van der Waals surface area (Å²) in [4.78, 5) is 4.78. The third-order valence-corrected chi connectivity index (χ3v) is 3.61. The molecule has 0 atom stereocenters. The Hall–Kier alpha value is -4.12. The Morgan fingerprint density at radius 1 is 0.516 bits per heavy atom. The SMILES string of the molecule is Nc1cc(C#Cc2c(F)c(F)nc(F)c2F)cc(C#Cc2c(F)c(F)nc(F)c2F)c1. The summed E-state index contributed by atoms with van der Waals surface area (Å²) in [5.74, 6) is -6.69. The largest absolute Gasteiger partial charge is 0.399 e. The zero-order valence-electron chi connectivity index (χ0n) is 14.7. The fraction of sp³-hybridized carbons (Fsp3) is 0. The Balaban J connectivity index is 2.05. The zero-order chi connectivity index (χ0) is 22.9.